The van der Waals surface area contributed by atoms with Gasteiger partial charge in [-0.3, -0.25) is 4.79 Å². The van der Waals surface area contributed by atoms with Crippen LogP contribution in [-0.2, 0) is 9.53 Å². The molecule has 0 fully saturated rings. The molecule has 0 saturated carbocycles. The number of nitrogens with two attached hydrogens (primary N) is 1. The minimum atomic E-state index is -0.956. The number of esters is 1. The molecular weight excluding hydrogens is 248 g/mol. The van der Waals surface area contributed by atoms with E-state index < -0.39 is 18.0 Å². The first-order valence-electron chi connectivity index (χ1n) is 5.53. The van der Waals surface area contributed by atoms with Gasteiger partial charge in [-0.2, -0.15) is 5.10 Å². The number of hydrogen-bond donors (Lipinski definition) is 1. The van der Waals surface area contributed by atoms with Crippen LogP contribution in [0.15, 0.2) is 36.9 Å². The second-order valence-corrected chi connectivity index (χ2v) is 3.84. The van der Waals surface area contributed by atoms with Gasteiger partial charge in [0.25, 0.3) is 5.91 Å². The number of carbonyl (C=O) groups excluding carboxylic acids is 2. The van der Waals surface area contributed by atoms with Gasteiger partial charge in [0, 0.05) is 0 Å². The molecule has 2 N–H and O–H groups in total. The first-order chi connectivity index (χ1) is 9.08. The molecule has 2 aromatic rings. The van der Waals surface area contributed by atoms with Crippen LogP contribution in [0.25, 0.3) is 5.69 Å². The van der Waals surface area contributed by atoms with Gasteiger partial charge < -0.3 is 10.5 Å². The average Bonchev–Trinajstić information content (AvgIpc) is 2.92. The zero-order valence-electron chi connectivity index (χ0n) is 10.2. The molecule has 1 aromatic carbocycles. The van der Waals surface area contributed by atoms with Crippen LogP contribution in [0.3, 0.4) is 0 Å². The minimum Gasteiger partial charge on any atom is -0.449 e. The summed E-state index contributed by atoms with van der Waals surface area (Å²) in [6, 6.07) is 6.54. The normalized spacial score (nSPS) is 11.8. The van der Waals surface area contributed by atoms with Crippen LogP contribution in [0.1, 0.15) is 17.3 Å². The van der Waals surface area contributed by atoms with Gasteiger partial charge in [0.15, 0.2) is 6.10 Å². The lowest BCUT2D eigenvalue weighted by Gasteiger charge is -2.09. The van der Waals surface area contributed by atoms with Crippen LogP contribution >= 0.6 is 0 Å². The molecule has 1 atom stereocenters. The van der Waals surface area contributed by atoms with Crippen molar-refractivity contribution in [1.29, 1.82) is 0 Å². The summed E-state index contributed by atoms with van der Waals surface area (Å²) in [6.07, 6.45) is 2.00. The molecule has 0 unspecified atom stereocenters. The minimum absolute atomic E-state index is 0.331. The van der Waals surface area contributed by atoms with E-state index in [2.05, 4.69) is 10.1 Å². The predicted molar refractivity (Wildman–Crippen MR) is 65.4 cm³/mol. The van der Waals surface area contributed by atoms with E-state index in [9.17, 15) is 9.59 Å². The monoisotopic (exact) mass is 260 g/mol. The number of benzene rings is 1. The highest BCUT2D eigenvalue weighted by Gasteiger charge is 2.15. The fraction of sp³-hybridized carbons (Fsp3) is 0.167. The van der Waals surface area contributed by atoms with Crippen LogP contribution in [-0.4, -0.2) is 32.7 Å². The van der Waals surface area contributed by atoms with Crippen LogP contribution in [0.4, 0.5) is 0 Å². The maximum absolute atomic E-state index is 11.7. The summed E-state index contributed by atoms with van der Waals surface area (Å²) in [6.45, 7) is 1.42. The summed E-state index contributed by atoms with van der Waals surface area (Å²) in [5.74, 6) is -1.29. The third kappa shape index (κ3) is 2.95. The lowest BCUT2D eigenvalue weighted by atomic mass is 10.2. The molecule has 0 aliphatic heterocycles. The van der Waals surface area contributed by atoms with Gasteiger partial charge in [-0.05, 0) is 31.2 Å². The quantitative estimate of drug-likeness (QED) is 0.797. The van der Waals surface area contributed by atoms with Crippen molar-refractivity contribution in [3.05, 3.63) is 42.5 Å². The number of hydrogen-bond acceptors (Lipinski definition) is 5. The first kappa shape index (κ1) is 12.7. The predicted octanol–water partition coefficient (Wildman–Crippen LogP) is 0.298. The maximum atomic E-state index is 11.7. The van der Waals surface area contributed by atoms with E-state index >= 15 is 0 Å². The van der Waals surface area contributed by atoms with E-state index in [0.717, 1.165) is 5.69 Å². The molecule has 7 heteroatoms. The number of aromatic nitrogens is 3. The number of rotatable bonds is 4. The lowest BCUT2D eigenvalue weighted by Crippen LogP contribution is -2.30. The Bertz CT molecular complexity index is 578. The number of amides is 1. The van der Waals surface area contributed by atoms with Gasteiger partial charge in [-0.1, -0.05) is 0 Å². The van der Waals surface area contributed by atoms with Gasteiger partial charge in [0.1, 0.15) is 12.7 Å². The van der Waals surface area contributed by atoms with Crippen molar-refractivity contribution in [2.24, 2.45) is 5.73 Å². The van der Waals surface area contributed by atoms with E-state index in [4.69, 9.17) is 10.5 Å². The molecule has 0 saturated heterocycles. The van der Waals surface area contributed by atoms with E-state index in [-0.39, 0.29) is 0 Å². The topological polar surface area (TPSA) is 100 Å². The van der Waals surface area contributed by atoms with E-state index in [1.165, 1.54) is 13.3 Å². The fourth-order valence-electron chi connectivity index (χ4n) is 1.38. The van der Waals surface area contributed by atoms with Gasteiger partial charge in [0.05, 0.1) is 11.3 Å². The summed E-state index contributed by atoms with van der Waals surface area (Å²) >= 11 is 0. The van der Waals surface area contributed by atoms with Gasteiger partial charge in [-0.25, -0.2) is 14.5 Å². The molecule has 0 spiro atoms. The lowest BCUT2D eigenvalue weighted by molar-refractivity contribution is -0.125. The molecule has 0 radical (unpaired) electrons. The van der Waals surface area contributed by atoms with Crippen molar-refractivity contribution < 1.29 is 14.3 Å². The number of primary amides is 1. The Morgan fingerprint density at radius 1 is 1.32 bits per heavy atom. The molecule has 2 rings (SSSR count). The zero-order chi connectivity index (χ0) is 13.8. The summed E-state index contributed by atoms with van der Waals surface area (Å²) in [4.78, 5) is 26.3. The maximum Gasteiger partial charge on any atom is 0.338 e. The average molecular weight is 260 g/mol. The largest absolute Gasteiger partial charge is 0.449 e. The van der Waals surface area contributed by atoms with Crippen LogP contribution in [0.5, 0.6) is 0 Å². The van der Waals surface area contributed by atoms with Crippen molar-refractivity contribution in [2.75, 3.05) is 0 Å². The zero-order valence-corrected chi connectivity index (χ0v) is 10.2. The summed E-state index contributed by atoms with van der Waals surface area (Å²) in [5, 5.41) is 3.96. The van der Waals surface area contributed by atoms with Crippen molar-refractivity contribution >= 4 is 11.9 Å². The Morgan fingerprint density at radius 2 is 2.00 bits per heavy atom. The van der Waals surface area contributed by atoms with E-state index in [1.54, 1.807) is 35.3 Å². The summed E-state index contributed by atoms with van der Waals surface area (Å²) in [5.41, 5.74) is 6.11. The highest BCUT2D eigenvalue weighted by atomic mass is 16.5. The molecule has 19 heavy (non-hydrogen) atoms. The van der Waals surface area contributed by atoms with E-state index in [0.29, 0.717) is 5.56 Å². The van der Waals surface area contributed by atoms with Crippen LogP contribution in [0.2, 0.25) is 0 Å². The highest BCUT2D eigenvalue weighted by molar-refractivity contribution is 5.92. The molecular formula is C12H12N4O3. The van der Waals surface area contributed by atoms with Gasteiger partial charge in [0.2, 0.25) is 0 Å². The van der Waals surface area contributed by atoms with Crippen molar-refractivity contribution in [2.45, 2.75) is 13.0 Å². The van der Waals surface area contributed by atoms with Crippen molar-refractivity contribution in [1.82, 2.24) is 14.8 Å². The molecule has 0 bridgehead atoms. The Labute approximate surface area is 109 Å². The third-order valence-electron chi connectivity index (χ3n) is 2.47. The molecule has 98 valence electrons. The molecule has 0 aliphatic rings. The second-order valence-electron chi connectivity index (χ2n) is 3.84. The fourth-order valence-corrected chi connectivity index (χ4v) is 1.38. The molecule has 0 aliphatic carbocycles. The smallest absolute Gasteiger partial charge is 0.338 e. The highest BCUT2D eigenvalue weighted by Crippen LogP contribution is 2.10. The first-order valence-corrected chi connectivity index (χ1v) is 5.53. The van der Waals surface area contributed by atoms with Crippen LogP contribution < -0.4 is 5.73 Å². The van der Waals surface area contributed by atoms with Crippen LogP contribution in [0, 0.1) is 0 Å². The third-order valence-corrected chi connectivity index (χ3v) is 2.47. The van der Waals surface area contributed by atoms with Gasteiger partial charge in [-0.15, -0.1) is 0 Å². The SMILES string of the molecule is C[C@@H](OC(=O)c1ccc(-n2cncn2)cc1)C(N)=O. The Balaban J connectivity index is 2.10. The molecule has 1 amide bonds. The number of nitrogens with zero attached hydrogens (tertiary/aromatic N) is 3. The number of ether oxygens (including phenoxy) is 1. The van der Waals surface area contributed by atoms with E-state index in [1.807, 2.05) is 0 Å². The van der Waals surface area contributed by atoms with Crippen molar-refractivity contribution in [3.8, 4) is 5.69 Å². The molecule has 1 aromatic heterocycles. The van der Waals surface area contributed by atoms with Gasteiger partial charge >= 0.3 is 5.97 Å². The van der Waals surface area contributed by atoms with Crippen molar-refractivity contribution in [3.63, 3.8) is 0 Å². The second kappa shape index (κ2) is 5.30. The number of carbonyl (C=O) groups is 2. The summed E-state index contributed by atoms with van der Waals surface area (Å²) in [7, 11) is 0. The Morgan fingerprint density at radius 3 is 2.53 bits per heavy atom. The Kier molecular flexibility index (Phi) is 3.56. The molecule has 7 nitrogen and oxygen atoms in total. The standard InChI is InChI=1S/C12H12N4O3/c1-8(11(13)17)19-12(18)9-2-4-10(5-3-9)16-7-14-6-15-16/h2-8H,1H3,(H2,13,17)/t8-/m1/s1. The summed E-state index contributed by atoms with van der Waals surface area (Å²) < 4.78 is 6.44. The molecule has 1 heterocycles. The Hall–Kier alpha value is -2.70.